The van der Waals surface area contributed by atoms with E-state index in [1.807, 2.05) is 30.3 Å². The fraction of sp³-hybridized carbons (Fsp3) is 0.375. The van der Waals surface area contributed by atoms with E-state index in [1.54, 1.807) is 46.2 Å². The van der Waals surface area contributed by atoms with E-state index in [0.29, 0.717) is 39.4 Å². The van der Waals surface area contributed by atoms with Crippen LogP contribution in [-0.4, -0.2) is 70.6 Å². The van der Waals surface area contributed by atoms with Gasteiger partial charge in [0.1, 0.15) is 0 Å². The number of nitrogens with zero attached hydrogens (tertiary/aromatic N) is 2. The van der Waals surface area contributed by atoms with Crippen molar-refractivity contribution in [3.63, 3.8) is 0 Å². The van der Waals surface area contributed by atoms with Crippen LogP contribution in [0.3, 0.4) is 0 Å². The highest BCUT2D eigenvalue weighted by Crippen LogP contribution is 2.27. The normalized spacial score (nSPS) is 18.4. The Kier molecular flexibility index (Phi) is 12.1. The van der Waals surface area contributed by atoms with Crippen LogP contribution < -0.4 is 11.5 Å². The van der Waals surface area contributed by atoms with Crippen molar-refractivity contribution in [3.8, 4) is 0 Å². The molecule has 0 bridgehead atoms. The third-order valence-corrected chi connectivity index (χ3v) is 9.26. The Morgan fingerprint density at radius 2 is 1.21 bits per heavy atom. The van der Waals surface area contributed by atoms with Crippen LogP contribution in [-0.2, 0) is 28.9 Å². The van der Waals surface area contributed by atoms with Crippen LogP contribution in [0.5, 0.6) is 0 Å². The van der Waals surface area contributed by atoms with E-state index in [2.05, 4.69) is 0 Å². The van der Waals surface area contributed by atoms with Crippen molar-refractivity contribution in [3.05, 3.63) is 104 Å². The summed E-state index contributed by atoms with van der Waals surface area (Å²) in [4.78, 5) is 31.4. The summed E-state index contributed by atoms with van der Waals surface area (Å²) in [6, 6.07) is 17.9. The number of halogens is 4. The highest BCUT2D eigenvalue weighted by atomic mass is 35.5. The molecule has 0 spiro atoms. The van der Waals surface area contributed by atoms with Gasteiger partial charge in [0.15, 0.2) is 0 Å². The predicted molar refractivity (Wildman–Crippen MR) is 174 cm³/mol. The van der Waals surface area contributed by atoms with Crippen molar-refractivity contribution >= 4 is 58.2 Å². The fourth-order valence-corrected chi connectivity index (χ4v) is 6.21. The van der Waals surface area contributed by atoms with E-state index >= 15 is 0 Å². The largest absolute Gasteiger partial charge is 0.396 e. The SMILES string of the molecule is NC(Cc1ccc(Cl)c(Cl)c1)C(=O)N1C[C@@H](Cc2ccccc2)N(C(=O)[C@H](N)Cc2ccc(Cl)c(Cl)c2)C[C@@H]1CCCO. The van der Waals surface area contributed by atoms with Gasteiger partial charge in [0.05, 0.1) is 38.2 Å². The van der Waals surface area contributed by atoms with Gasteiger partial charge < -0.3 is 26.4 Å². The quantitative estimate of drug-likeness (QED) is 0.262. The lowest BCUT2D eigenvalue weighted by Crippen LogP contribution is -2.65. The fourth-order valence-electron chi connectivity index (χ4n) is 5.57. The van der Waals surface area contributed by atoms with Crippen molar-refractivity contribution in [2.45, 2.75) is 56.3 Å². The summed E-state index contributed by atoms with van der Waals surface area (Å²) >= 11 is 24.5. The molecular weight excluding hydrogens is 630 g/mol. The molecule has 0 aromatic heterocycles. The molecule has 0 saturated carbocycles. The molecule has 5 N–H and O–H groups in total. The van der Waals surface area contributed by atoms with Crippen molar-refractivity contribution in [1.82, 2.24) is 9.80 Å². The van der Waals surface area contributed by atoms with Gasteiger partial charge in [-0.15, -0.1) is 0 Å². The summed E-state index contributed by atoms with van der Waals surface area (Å²) in [6.07, 6.45) is 2.07. The van der Waals surface area contributed by atoms with Gasteiger partial charge in [0.2, 0.25) is 11.8 Å². The highest BCUT2D eigenvalue weighted by molar-refractivity contribution is 6.42. The summed E-state index contributed by atoms with van der Waals surface area (Å²) in [5.74, 6) is -0.438. The van der Waals surface area contributed by atoms with Gasteiger partial charge >= 0.3 is 0 Å². The lowest BCUT2D eigenvalue weighted by molar-refractivity contribution is -0.148. The third-order valence-electron chi connectivity index (χ3n) is 7.79. The van der Waals surface area contributed by atoms with E-state index in [4.69, 9.17) is 57.9 Å². The van der Waals surface area contributed by atoms with Crippen molar-refractivity contribution in [1.29, 1.82) is 0 Å². The molecule has 7 nitrogen and oxygen atoms in total. The second kappa shape index (κ2) is 15.6. The molecule has 1 fully saturated rings. The number of carbonyl (C=O) groups is 2. The minimum absolute atomic E-state index is 0.0356. The van der Waals surface area contributed by atoms with E-state index < -0.39 is 12.1 Å². The molecule has 4 rings (SSSR count). The molecule has 1 unspecified atom stereocenters. The lowest BCUT2D eigenvalue weighted by Gasteiger charge is -2.48. The number of rotatable bonds is 11. The van der Waals surface area contributed by atoms with Crippen LogP contribution in [0, 0.1) is 0 Å². The zero-order valence-corrected chi connectivity index (χ0v) is 26.7. The second-order valence-corrected chi connectivity index (χ2v) is 12.6. The molecule has 1 aliphatic rings. The van der Waals surface area contributed by atoms with Crippen LogP contribution in [0.15, 0.2) is 66.7 Å². The number of carbonyl (C=O) groups excluding carboxylic acids is 2. The van der Waals surface area contributed by atoms with Gasteiger partial charge in [0.25, 0.3) is 0 Å². The molecule has 3 aromatic carbocycles. The first kappa shape index (κ1) is 33.5. The molecule has 1 saturated heterocycles. The molecule has 43 heavy (non-hydrogen) atoms. The Bertz CT molecular complexity index is 1410. The van der Waals surface area contributed by atoms with E-state index in [-0.39, 0.29) is 56.4 Å². The number of benzene rings is 3. The molecule has 1 aliphatic heterocycles. The topological polar surface area (TPSA) is 113 Å². The van der Waals surface area contributed by atoms with Gasteiger partial charge in [-0.25, -0.2) is 0 Å². The first-order chi connectivity index (χ1) is 20.6. The van der Waals surface area contributed by atoms with Gasteiger partial charge in [-0.2, -0.15) is 0 Å². The maximum Gasteiger partial charge on any atom is 0.240 e. The average Bonchev–Trinajstić information content (AvgIpc) is 2.99. The lowest BCUT2D eigenvalue weighted by atomic mass is 9.94. The number of amides is 2. The summed E-state index contributed by atoms with van der Waals surface area (Å²) in [5.41, 5.74) is 15.6. The van der Waals surface area contributed by atoms with E-state index in [1.165, 1.54) is 0 Å². The number of aliphatic hydroxyl groups excluding tert-OH is 1. The van der Waals surface area contributed by atoms with Crippen LogP contribution in [0.2, 0.25) is 20.1 Å². The minimum Gasteiger partial charge on any atom is -0.396 e. The maximum absolute atomic E-state index is 13.9. The first-order valence-corrected chi connectivity index (χ1v) is 15.7. The number of hydrogen-bond donors (Lipinski definition) is 3. The van der Waals surface area contributed by atoms with E-state index in [9.17, 15) is 14.7 Å². The first-order valence-electron chi connectivity index (χ1n) is 14.2. The molecule has 2 amide bonds. The number of nitrogens with two attached hydrogens (primary N) is 2. The zero-order chi connectivity index (χ0) is 31.1. The van der Waals surface area contributed by atoms with Gasteiger partial charge in [-0.05, 0) is 73.1 Å². The minimum atomic E-state index is -0.828. The van der Waals surface area contributed by atoms with Gasteiger partial charge in [-0.1, -0.05) is 88.9 Å². The Hall–Kier alpha value is -2.36. The summed E-state index contributed by atoms with van der Waals surface area (Å²) in [7, 11) is 0. The molecule has 11 heteroatoms. The third kappa shape index (κ3) is 8.85. The Morgan fingerprint density at radius 1 is 0.721 bits per heavy atom. The average molecular weight is 666 g/mol. The monoisotopic (exact) mass is 664 g/mol. The zero-order valence-electron chi connectivity index (χ0n) is 23.6. The standard InChI is InChI=1S/C32H36Cl4N4O3/c33-25-10-8-21(14-27(25)35)16-29(37)31(42)39-19-24(13-20-5-2-1-3-6-20)40(18-23(39)7-4-12-41)32(43)30(38)17-22-9-11-26(34)28(36)15-22/h1-3,5-6,8-11,14-15,23-24,29-30,41H,4,7,12-13,16-19,37-38H2/t23-,24+,29?,30+/m0/s1. The Balaban J connectivity index is 1.58. The van der Waals surface area contributed by atoms with Gasteiger partial charge in [-0.3, -0.25) is 9.59 Å². The van der Waals surface area contributed by atoms with E-state index in [0.717, 1.165) is 16.7 Å². The van der Waals surface area contributed by atoms with Crippen molar-refractivity contribution < 1.29 is 14.7 Å². The summed E-state index contributed by atoms with van der Waals surface area (Å²) in [5, 5.41) is 11.3. The molecule has 230 valence electrons. The molecule has 3 aromatic rings. The van der Waals surface area contributed by atoms with Crippen LogP contribution in [0.4, 0.5) is 0 Å². The highest BCUT2D eigenvalue weighted by Gasteiger charge is 2.40. The molecule has 0 aliphatic carbocycles. The van der Waals surface area contributed by atoms with Gasteiger partial charge in [0, 0.05) is 25.7 Å². The van der Waals surface area contributed by atoms with Crippen LogP contribution in [0.25, 0.3) is 0 Å². The molecule has 0 radical (unpaired) electrons. The predicted octanol–water partition coefficient (Wildman–Crippen LogP) is 5.16. The summed E-state index contributed by atoms with van der Waals surface area (Å²) < 4.78 is 0. The smallest absolute Gasteiger partial charge is 0.240 e. The molecule has 1 heterocycles. The van der Waals surface area contributed by atoms with Crippen molar-refractivity contribution in [2.24, 2.45) is 11.5 Å². The number of hydrogen-bond acceptors (Lipinski definition) is 5. The number of aliphatic hydroxyl groups is 1. The summed E-state index contributed by atoms with van der Waals surface area (Å²) in [6.45, 7) is 0.521. The Labute approximate surface area is 272 Å². The second-order valence-electron chi connectivity index (χ2n) is 11.0. The molecule has 4 atom stereocenters. The molecular formula is C32H36Cl4N4O3. The van der Waals surface area contributed by atoms with Crippen molar-refractivity contribution in [2.75, 3.05) is 19.7 Å². The Morgan fingerprint density at radius 3 is 1.70 bits per heavy atom. The maximum atomic E-state index is 13.9. The van der Waals surface area contributed by atoms with Crippen LogP contribution in [0.1, 0.15) is 29.5 Å². The van der Waals surface area contributed by atoms with Crippen LogP contribution >= 0.6 is 46.4 Å². The number of piperazine rings is 1.